The molecule has 2 aliphatic rings. The van der Waals surface area contributed by atoms with Crippen LogP contribution in [0.5, 0.6) is 5.75 Å². The van der Waals surface area contributed by atoms with Gasteiger partial charge in [0.1, 0.15) is 12.4 Å². The summed E-state index contributed by atoms with van der Waals surface area (Å²) in [5.41, 5.74) is 1.29. The van der Waals surface area contributed by atoms with Crippen LogP contribution in [-0.2, 0) is 0 Å². The van der Waals surface area contributed by atoms with Crippen LogP contribution in [0.15, 0.2) is 24.3 Å². The largest absolute Gasteiger partial charge is 0.492 e. The maximum Gasteiger partial charge on any atom is 0.119 e. The Labute approximate surface area is 142 Å². The van der Waals surface area contributed by atoms with Crippen LogP contribution in [0.2, 0.25) is 0 Å². The Kier molecular flexibility index (Phi) is 6.38. The first-order chi connectivity index (χ1) is 11.3. The van der Waals surface area contributed by atoms with Crippen molar-refractivity contribution in [2.24, 2.45) is 11.8 Å². The fourth-order valence-electron chi connectivity index (χ4n) is 4.27. The molecule has 2 fully saturated rings. The normalized spacial score (nSPS) is 21.4. The van der Waals surface area contributed by atoms with E-state index in [1.54, 1.807) is 0 Å². The molecule has 2 nitrogen and oxygen atoms in total. The van der Waals surface area contributed by atoms with Gasteiger partial charge < -0.3 is 4.74 Å². The molecule has 1 saturated heterocycles. The van der Waals surface area contributed by atoms with Crippen molar-refractivity contribution in [3.8, 4) is 5.75 Å². The molecule has 0 spiro atoms. The third-order valence-corrected chi connectivity index (χ3v) is 5.80. The van der Waals surface area contributed by atoms with Crippen LogP contribution >= 0.6 is 0 Å². The van der Waals surface area contributed by atoms with E-state index in [2.05, 4.69) is 36.1 Å². The fourth-order valence-corrected chi connectivity index (χ4v) is 4.27. The minimum absolute atomic E-state index is 0.816. The molecule has 1 aliphatic heterocycles. The number of hydrogen-bond acceptors (Lipinski definition) is 2. The number of hydrogen-bond donors (Lipinski definition) is 0. The van der Waals surface area contributed by atoms with Gasteiger partial charge in [-0.15, -0.1) is 0 Å². The van der Waals surface area contributed by atoms with Gasteiger partial charge in [-0.1, -0.05) is 49.8 Å². The van der Waals surface area contributed by atoms with E-state index in [-0.39, 0.29) is 0 Å². The lowest BCUT2D eigenvalue weighted by molar-refractivity contribution is 0.138. The van der Waals surface area contributed by atoms with Crippen molar-refractivity contribution in [3.63, 3.8) is 0 Å². The summed E-state index contributed by atoms with van der Waals surface area (Å²) in [5.74, 6) is 3.04. The quantitative estimate of drug-likeness (QED) is 0.728. The first-order valence-electron chi connectivity index (χ1n) is 9.71. The van der Waals surface area contributed by atoms with Crippen molar-refractivity contribution < 1.29 is 4.74 Å². The molecule has 1 aromatic rings. The van der Waals surface area contributed by atoms with Crippen molar-refractivity contribution in [3.05, 3.63) is 29.8 Å². The Balaban J connectivity index is 1.30. The van der Waals surface area contributed by atoms with E-state index < -0.39 is 0 Å². The van der Waals surface area contributed by atoms with Crippen molar-refractivity contribution in [1.82, 2.24) is 4.90 Å². The van der Waals surface area contributed by atoms with Crippen molar-refractivity contribution in [2.75, 3.05) is 26.2 Å². The Bertz CT molecular complexity index is 441. The predicted octanol–water partition coefficient (Wildman–Crippen LogP) is 5.06. The fraction of sp³-hybridized carbons (Fsp3) is 0.714. The van der Waals surface area contributed by atoms with Gasteiger partial charge in [0.25, 0.3) is 0 Å². The van der Waals surface area contributed by atoms with E-state index in [1.807, 2.05) is 0 Å². The van der Waals surface area contributed by atoms with Crippen LogP contribution in [0.1, 0.15) is 56.9 Å². The molecule has 0 N–H and O–H groups in total. The SMILES string of the molecule is Cc1ccc(OCCN2CCC(CC3CCCCC3)CC2)cc1. The van der Waals surface area contributed by atoms with Gasteiger partial charge in [0.2, 0.25) is 0 Å². The maximum absolute atomic E-state index is 5.87. The van der Waals surface area contributed by atoms with E-state index in [1.165, 1.54) is 70.0 Å². The topological polar surface area (TPSA) is 12.5 Å². The number of piperidine rings is 1. The molecule has 0 bridgehead atoms. The van der Waals surface area contributed by atoms with Gasteiger partial charge in [-0.25, -0.2) is 0 Å². The van der Waals surface area contributed by atoms with E-state index in [9.17, 15) is 0 Å². The molecule has 1 aliphatic carbocycles. The van der Waals surface area contributed by atoms with Gasteiger partial charge in [-0.05, 0) is 63.2 Å². The molecular formula is C21H33NO. The summed E-state index contributed by atoms with van der Waals surface area (Å²) in [6.07, 6.45) is 11.8. The number of rotatable bonds is 6. The number of ether oxygens (including phenoxy) is 1. The Morgan fingerprint density at radius 3 is 2.26 bits per heavy atom. The number of benzene rings is 1. The summed E-state index contributed by atoms with van der Waals surface area (Å²) in [4.78, 5) is 2.59. The highest BCUT2D eigenvalue weighted by molar-refractivity contribution is 5.26. The average Bonchev–Trinajstić information content (AvgIpc) is 2.59. The lowest BCUT2D eigenvalue weighted by Crippen LogP contribution is -2.37. The highest BCUT2D eigenvalue weighted by atomic mass is 16.5. The standard InChI is InChI=1S/C21H33NO/c1-18-7-9-21(10-8-18)23-16-15-22-13-11-20(12-14-22)17-19-5-3-2-4-6-19/h7-10,19-20H,2-6,11-17H2,1H3. The maximum atomic E-state index is 5.87. The van der Waals surface area contributed by atoms with E-state index in [0.29, 0.717) is 0 Å². The molecule has 0 unspecified atom stereocenters. The molecule has 1 saturated carbocycles. The molecule has 128 valence electrons. The van der Waals surface area contributed by atoms with E-state index in [0.717, 1.165) is 30.7 Å². The smallest absolute Gasteiger partial charge is 0.119 e. The number of likely N-dealkylation sites (tertiary alicyclic amines) is 1. The Morgan fingerprint density at radius 2 is 1.57 bits per heavy atom. The highest BCUT2D eigenvalue weighted by Crippen LogP contribution is 2.32. The zero-order chi connectivity index (χ0) is 15.9. The third-order valence-electron chi connectivity index (χ3n) is 5.80. The van der Waals surface area contributed by atoms with Crippen molar-refractivity contribution >= 4 is 0 Å². The average molecular weight is 316 g/mol. The molecular weight excluding hydrogens is 282 g/mol. The summed E-state index contributed by atoms with van der Waals surface area (Å²) in [7, 11) is 0. The van der Waals surface area contributed by atoms with Crippen LogP contribution in [0, 0.1) is 18.8 Å². The van der Waals surface area contributed by atoms with Crippen LogP contribution in [-0.4, -0.2) is 31.1 Å². The van der Waals surface area contributed by atoms with Gasteiger partial charge in [-0.3, -0.25) is 4.90 Å². The summed E-state index contributed by atoms with van der Waals surface area (Å²) in [5, 5.41) is 0. The van der Waals surface area contributed by atoms with Crippen molar-refractivity contribution in [2.45, 2.75) is 58.3 Å². The zero-order valence-electron chi connectivity index (χ0n) is 14.8. The van der Waals surface area contributed by atoms with Gasteiger partial charge in [-0.2, -0.15) is 0 Å². The molecule has 0 amide bonds. The second-order valence-electron chi connectivity index (χ2n) is 7.69. The molecule has 23 heavy (non-hydrogen) atoms. The molecule has 0 aromatic heterocycles. The second-order valence-corrected chi connectivity index (χ2v) is 7.69. The number of nitrogens with zero attached hydrogens (tertiary/aromatic N) is 1. The van der Waals surface area contributed by atoms with Crippen molar-refractivity contribution in [1.29, 1.82) is 0 Å². The van der Waals surface area contributed by atoms with Crippen LogP contribution in [0.25, 0.3) is 0 Å². The second kappa shape index (κ2) is 8.73. The predicted molar refractivity (Wildman–Crippen MR) is 97.0 cm³/mol. The van der Waals surface area contributed by atoms with Crippen LogP contribution in [0.4, 0.5) is 0 Å². The third kappa shape index (κ3) is 5.53. The molecule has 3 rings (SSSR count). The van der Waals surface area contributed by atoms with Crippen LogP contribution < -0.4 is 4.74 Å². The monoisotopic (exact) mass is 315 g/mol. The minimum Gasteiger partial charge on any atom is -0.492 e. The molecule has 1 aromatic carbocycles. The Morgan fingerprint density at radius 1 is 0.913 bits per heavy atom. The molecule has 0 radical (unpaired) electrons. The van der Waals surface area contributed by atoms with E-state index >= 15 is 0 Å². The molecule has 0 atom stereocenters. The lowest BCUT2D eigenvalue weighted by Gasteiger charge is -2.34. The van der Waals surface area contributed by atoms with Gasteiger partial charge in [0.15, 0.2) is 0 Å². The lowest BCUT2D eigenvalue weighted by atomic mass is 9.80. The summed E-state index contributed by atoms with van der Waals surface area (Å²) in [6, 6.07) is 8.38. The minimum atomic E-state index is 0.816. The molecule has 2 heteroatoms. The summed E-state index contributed by atoms with van der Waals surface area (Å²) in [6.45, 7) is 6.55. The summed E-state index contributed by atoms with van der Waals surface area (Å²) < 4.78 is 5.87. The zero-order valence-corrected chi connectivity index (χ0v) is 14.8. The van der Waals surface area contributed by atoms with Crippen LogP contribution in [0.3, 0.4) is 0 Å². The highest BCUT2D eigenvalue weighted by Gasteiger charge is 2.23. The van der Waals surface area contributed by atoms with Gasteiger partial charge in [0, 0.05) is 6.54 Å². The van der Waals surface area contributed by atoms with E-state index in [4.69, 9.17) is 4.74 Å². The first kappa shape index (κ1) is 16.8. The first-order valence-corrected chi connectivity index (χ1v) is 9.71. The number of aryl methyl sites for hydroxylation is 1. The van der Waals surface area contributed by atoms with Gasteiger partial charge >= 0.3 is 0 Å². The molecule has 1 heterocycles. The summed E-state index contributed by atoms with van der Waals surface area (Å²) >= 11 is 0. The van der Waals surface area contributed by atoms with Gasteiger partial charge in [0.05, 0.1) is 0 Å². The Hall–Kier alpha value is -1.02.